The highest BCUT2D eigenvalue weighted by molar-refractivity contribution is 14.0. The molecular weight excluding hydrogens is 349 g/mol. The van der Waals surface area contributed by atoms with Crippen molar-refractivity contribution < 1.29 is 0 Å². The molecule has 2 atom stereocenters. The van der Waals surface area contributed by atoms with E-state index in [0.717, 1.165) is 17.5 Å². The lowest BCUT2D eigenvalue weighted by Crippen LogP contribution is -2.23. The van der Waals surface area contributed by atoms with Crippen LogP contribution in [0.5, 0.6) is 0 Å². The van der Waals surface area contributed by atoms with Crippen LogP contribution in [0.15, 0.2) is 23.2 Å². The van der Waals surface area contributed by atoms with Gasteiger partial charge in [-0.2, -0.15) is 0 Å². The Morgan fingerprint density at radius 2 is 2.00 bits per heavy atom. The fourth-order valence-electron chi connectivity index (χ4n) is 2.56. The Bertz CT molecular complexity index is 494. The van der Waals surface area contributed by atoms with E-state index >= 15 is 0 Å². The zero-order valence-electron chi connectivity index (χ0n) is 11.5. The summed E-state index contributed by atoms with van der Waals surface area (Å²) in [5.74, 6) is 2.34. The molecule has 0 radical (unpaired) electrons. The molecule has 2 aliphatic rings. The number of hydrogen-bond acceptors (Lipinski definition) is 1. The Morgan fingerprint density at radius 1 is 1.26 bits per heavy atom. The summed E-state index contributed by atoms with van der Waals surface area (Å²) in [7, 11) is 0. The number of benzene rings is 1. The second-order valence-corrected chi connectivity index (χ2v) is 5.74. The first-order chi connectivity index (χ1) is 8.63. The Labute approximate surface area is 132 Å². The van der Waals surface area contributed by atoms with Gasteiger partial charge in [0.1, 0.15) is 0 Å². The van der Waals surface area contributed by atoms with Gasteiger partial charge in [0.15, 0.2) is 5.96 Å². The topological polar surface area (TPSA) is 50.4 Å². The molecule has 104 valence electrons. The average Bonchev–Trinajstić information content (AvgIpc) is 3.15. The van der Waals surface area contributed by atoms with Crippen molar-refractivity contribution in [2.75, 3.05) is 5.32 Å². The molecule has 1 aromatic carbocycles. The molecule has 4 heteroatoms. The van der Waals surface area contributed by atoms with E-state index in [1.54, 1.807) is 0 Å². The normalized spacial score (nSPS) is 25.7. The molecule has 19 heavy (non-hydrogen) atoms. The number of aliphatic imine (C=N–C) groups is 1. The van der Waals surface area contributed by atoms with Gasteiger partial charge in [-0.25, -0.2) is 4.99 Å². The van der Waals surface area contributed by atoms with E-state index in [0.29, 0.717) is 12.0 Å². The maximum atomic E-state index is 5.96. The molecule has 3 N–H and O–H groups in total. The molecule has 2 saturated carbocycles. The van der Waals surface area contributed by atoms with E-state index in [2.05, 4.69) is 42.4 Å². The minimum absolute atomic E-state index is 0. The Hall–Kier alpha value is -0.780. The molecule has 2 fully saturated rings. The summed E-state index contributed by atoms with van der Waals surface area (Å²) in [6, 6.07) is 6.75. The van der Waals surface area contributed by atoms with E-state index in [1.807, 2.05) is 0 Å². The van der Waals surface area contributed by atoms with Crippen molar-refractivity contribution in [1.82, 2.24) is 0 Å². The average molecular weight is 371 g/mol. The van der Waals surface area contributed by atoms with Gasteiger partial charge < -0.3 is 11.1 Å². The number of hydrogen-bond donors (Lipinski definition) is 2. The van der Waals surface area contributed by atoms with Gasteiger partial charge in [-0.3, -0.25) is 0 Å². The molecule has 0 amide bonds. The smallest absolute Gasteiger partial charge is 0.193 e. The van der Waals surface area contributed by atoms with Gasteiger partial charge in [0.2, 0.25) is 0 Å². The molecule has 3 nitrogen and oxygen atoms in total. The number of nitrogens with two attached hydrogens (primary N) is 1. The van der Waals surface area contributed by atoms with Crippen LogP contribution < -0.4 is 11.1 Å². The fourth-order valence-corrected chi connectivity index (χ4v) is 2.56. The first kappa shape index (κ1) is 14.6. The lowest BCUT2D eigenvalue weighted by atomic mass is 10.1. The number of anilines is 1. The second kappa shape index (κ2) is 5.69. The Morgan fingerprint density at radius 3 is 2.63 bits per heavy atom. The molecule has 2 aliphatic carbocycles. The van der Waals surface area contributed by atoms with Crippen LogP contribution in [-0.2, 0) is 0 Å². The second-order valence-electron chi connectivity index (χ2n) is 5.74. The lowest BCUT2D eigenvalue weighted by molar-refractivity contribution is 0.686. The minimum atomic E-state index is 0. The number of nitrogens with one attached hydrogen (secondary N) is 1. The molecule has 0 aliphatic heterocycles. The minimum Gasteiger partial charge on any atom is -0.370 e. The number of rotatable bonds is 3. The van der Waals surface area contributed by atoms with E-state index in [9.17, 15) is 0 Å². The monoisotopic (exact) mass is 371 g/mol. The highest BCUT2D eigenvalue weighted by atomic mass is 127. The standard InChI is InChI=1S/C15H21N3.HI/c1-9-3-6-12(7-10(9)2)17-15(16)18-14-8-13(14)11-4-5-11;/h3,6-7,11,13-14H,4-5,8H2,1-2H3,(H3,16,17,18);1H/t13-,14+;/m0./s1. The van der Waals surface area contributed by atoms with E-state index in [4.69, 9.17) is 5.73 Å². The predicted octanol–water partition coefficient (Wildman–Crippen LogP) is 3.45. The molecule has 0 aromatic heterocycles. The molecule has 1 aromatic rings. The number of aryl methyl sites for hydroxylation is 2. The molecule has 0 heterocycles. The lowest BCUT2D eigenvalue weighted by Gasteiger charge is -2.08. The maximum absolute atomic E-state index is 5.96. The fraction of sp³-hybridized carbons (Fsp3) is 0.533. The number of nitrogens with zero attached hydrogens (tertiary/aromatic N) is 1. The largest absolute Gasteiger partial charge is 0.370 e. The van der Waals surface area contributed by atoms with Crippen molar-refractivity contribution in [3.05, 3.63) is 29.3 Å². The summed E-state index contributed by atoms with van der Waals surface area (Å²) in [6.45, 7) is 4.22. The predicted molar refractivity (Wildman–Crippen MR) is 91.2 cm³/mol. The van der Waals surface area contributed by atoms with Crippen molar-refractivity contribution in [3.63, 3.8) is 0 Å². The zero-order valence-corrected chi connectivity index (χ0v) is 13.8. The molecule has 0 saturated heterocycles. The van der Waals surface area contributed by atoms with Crippen LogP contribution in [0.25, 0.3) is 0 Å². The highest BCUT2D eigenvalue weighted by Crippen LogP contribution is 2.51. The van der Waals surface area contributed by atoms with Gasteiger partial charge in [-0.05, 0) is 68.2 Å². The Balaban J connectivity index is 0.00000133. The van der Waals surface area contributed by atoms with Crippen molar-refractivity contribution in [2.45, 2.75) is 39.2 Å². The third-order valence-electron chi connectivity index (χ3n) is 4.12. The molecular formula is C15H22IN3. The molecule has 0 spiro atoms. The van der Waals surface area contributed by atoms with Crippen LogP contribution in [-0.4, -0.2) is 12.0 Å². The summed E-state index contributed by atoms with van der Waals surface area (Å²) >= 11 is 0. The quantitative estimate of drug-likeness (QED) is 0.486. The number of halogens is 1. The summed E-state index contributed by atoms with van der Waals surface area (Å²) in [5, 5.41) is 3.19. The summed E-state index contributed by atoms with van der Waals surface area (Å²) in [4.78, 5) is 4.56. The third-order valence-corrected chi connectivity index (χ3v) is 4.12. The van der Waals surface area contributed by atoms with Crippen LogP contribution in [0.4, 0.5) is 5.69 Å². The summed E-state index contributed by atoms with van der Waals surface area (Å²) in [5.41, 5.74) is 9.56. The van der Waals surface area contributed by atoms with Gasteiger partial charge in [0, 0.05) is 5.69 Å². The number of guanidine groups is 1. The zero-order chi connectivity index (χ0) is 12.7. The third kappa shape index (κ3) is 3.61. The van der Waals surface area contributed by atoms with Crippen LogP contribution in [0, 0.1) is 25.7 Å². The van der Waals surface area contributed by atoms with Crippen molar-refractivity contribution in [3.8, 4) is 0 Å². The van der Waals surface area contributed by atoms with Gasteiger partial charge in [-0.1, -0.05) is 6.07 Å². The van der Waals surface area contributed by atoms with Crippen molar-refractivity contribution >= 4 is 35.6 Å². The first-order valence-electron chi connectivity index (χ1n) is 6.81. The molecule has 0 bridgehead atoms. The van der Waals surface area contributed by atoms with Gasteiger partial charge in [0.25, 0.3) is 0 Å². The van der Waals surface area contributed by atoms with Crippen LogP contribution in [0.1, 0.15) is 30.4 Å². The van der Waals surface area contributed by atoms with Crippen molar-refractivity contribution in [2.24, 2.45) is 22.6 Å². The molecule has 3 rings (SSSR count). The maximum Gasteiger partial charge on any atom is 0.193 e. The SMILES string of the molecule is Cc1ccc(NC(N)=N[C@@H]2C[C@H]2C2CC2)cc1C.I. The Kier molecular flexibility index (Phi) is 4.38. The van der Waals surface area contributed by atoms with Crippen LogP contribution in [0.2, 0.25) is 0 Å². The summed E-state index contributed by atoms with van der Waals surface area (Å²) in [6.07, 6.45) is 4.04. The highest BCUT2D eigenvalue weighted by Gasteiger charge is 2.47. The van der Waals surface area contributed by atoms with E-state index < -0.39 is 0 Å². The van der Waals surface area contributed by atoms with E-state index in [-0.39, 0.29) is 24.0 Å². The van der Waals surface area contributed by atoms with Crippen molar-refractivity contribution in [1.29, 1.82) is 0 Å². The summed E-state index contributed by atoms with van der Waals surface area (Å²) < 4.78 is 0. The van der Waals surface area contributed by atoms with Gasteiger partial charge in [0.05, 0.1) is 6.04 Å². The molecule has 0 unspecified atom stereocenters. The van der Waals surface area contributed by atoms with Gasteiger partial charge in [-0.15, -0.1) is 24.0 Å². The van der Waals surface area contributed by atoms with E-state index in [1.165, 1.54) is 30.4 Å². The van der Waals surface area contributed by atoms with Crippen LogP contribution in [0.3, 0.4) is 0 Å². The first-order valence-corrected chi connectivity index (χ1v) is 6.81. The van der Waals surface area contributed by atoms with Crippen LogP contribution >= 0.6 is 24.0 Å². The van der Waals surface area contributed by atoms with Gasteiger partial charge >= 0.3 is 0 Å².